The van der Waals surface area contributed by atoms with E-state index in [0.717, 1.165) is 0 Å². The Balaban J connectivity index is 2.11. The van der Waals surface area contributed by atoms with E-state index in [0.29, 0.717) is 13.6 Å². The minimum atomic E-state index is -2.33. The van der Waals surface area contributed by atoms with Crippen LogP contribution in [0.1, 0.15) is 12.5 Å². The Labute approximate surface area is 176 Å². The summed E-state index contributed by atoms with van der Waals surface area (Å²) in [4.78, 5) is 12.6. The monoisotopic (exact) mass is 572 g/mol. The molecular formula is C17H7BrF5IN2O2. The third-order valence-electron chi connectivity index (χ3n) is 3.81. The molecule has 1 N–H and O–H groups in total. The van der Waals surface area contributed by atoms with Crippen molar-refractivity contribution in [1.82, 2.24) is 0 Å². The number of rotatable bonds is 2. The van der Waals surface area contributed by atoms with Crippen LogP contribution in [0.3, 0.4) is 0 Å². The highest BCUT2D eigenvalue weighted by Gasteiger charge is 2.37. The number of hydrogen-bond acceptors (Lipinski definition) is 3. The summed E-state index contributed by atoms with van der Waals surface area (Å²) in [6.07, 6.45) is 1.32. The van der Waals surface area contributed by atoms with Crippen LogP contribution in [-0.4, -0.2) is 16.7 Å². The maximum atomic E-state index is 14.0. The molecule has 0 atom stereocenters. The zero-order valence-electron chi connectivity index (χ0n) is 13.6. The molecule has 2 aromatic carbocycles. The fraction of sp³-hybridized carbons (Fsp3) is 0.0588. The number of aromatic hydroxyl groups is 1. The molecule has 1 heterocycles. The standard InChI is InChI=1S/C17H7BrF5IN2O2/c1-5-7(2-6-3-8(18)16(27)9(24)4-6)17(28)26(25-5)15-13(22)11(20)10(19)12(21)14(15)23/h2-4,27H,1H3/b7-2+. The first-order valence-electron chi connectivity index (χ1n) is 7.35. The molecule has 4 nitrogen and oxygen atoms in total. The van der Waals surface area contributed by atoms with Gasteiger partial charge in [0.25, 0.3) is 5.91 Å². The van der Waals surface area contributed by atoms with Gasteiger partial charge in [-0.15, -0.1) is 0 Å². The van der Waals surface area contributed by atoms with Crippen LogP contribution in [0.4, 0.5) is 27.6 Å². The van der Waals surface area contributed by atoms with Gasteiger partial charge in [0.05, 0.1) is 19.3 Å². The van der Waals surface area contributed by atoms with Crippen molar-refractivity contribution in [2.24, 2.45) is 5.10 Å². The Morgan fingerprint density at radius 3 is 2.14 bits per heavy atom. The molecule has 0 saturated heterocycles. The van der Waals surface area contributed by atoms with Crippen molar-refractivity contribution in [2.45, 2.75) is 6.92 Å². The van der Waals surface area contributed by atoms with Gasteiger partial charge < -0.3 is 5.11 Å². The number of carbonyl (C=O) groups is 1. The zero-order valence-corrected chi connectivity index (χ0v) is 17.4. The van der Waals surface area contributed by atoms with Gasteiger partial charge in [-0.05, 0) is 69.2 Å². The van der Waals surface area contributed by atoms with Gasteiger partial charge in [0.15, 0.2) is 23.3 Å². The van der Waals surface area contributed by atoms with Crippen molar-refractivity contribution in [3.8, 4) is 5.75 Å². The Hall–Kier alpha value is -2.02. The van der Waals surface area contributed by atoms with Crippen LogP contribution in [0, 0.1) is 32.7 Å². The van der Waals surface area contributed by atoms with E-state index in [1.807, 2.05) is 22.6 Å². The maximum Gasteiger partial charge on any atom is 0.280 e. The first-order chi connectivity index (χ1) is 13.0. The number of carbonyl (C=O) groups excluding carboxylic acids is 1. The molecule has 0 saturated carbocycles. The van der Waals surface area contributed by atoms with E-state index in [9.17, 15) is 31.9 Å². The van der Waals surface area contributed by atoms with Crippen LogP contribution in [0.5, 0.6) is 5.75 Å². The Morgan fingerprint density at radius 2 is 1.61 bits per heavy atom. The minimum absolute atomic E-state index is 0.00754. The second kappa shape index (κ2) is 7.43. The number of nitrogens with zero attached hydrogens (tertiary/aromatic N) is 2. The topological polar surface area (TPSA) is 52.9 Å². The third-order valence-corrected chi connectivity index (χ3v) is 5.24. The molecule has 0 unspecified atom stereocenters. The van der Waals surface area contributed by atoms with E-state index >= 15 is 0 Å². The normalized spacial score (nSPS) is 15.6. The average Bonchev–Trinajstić information content (AvgIpc) is 2.91. The first kappa shape index (κ1) is 20.7. The summed E-state index contributed by atoms with van der Waals surface area (Å²) >= 11 is 4.99. The van der Waals surface area contributed by atoms with Crippen LogP contribution in [0.2, 0.25) is 0 Å². The molecule has 2 aromatic rings. The van der Waals surface area contributed by atoms with Gasteiger partial charge in [-0.25, -0.2) is 22.0 Å². The number of benzene rings is 2. The van der Waals surface area contributed by atoms with E-state index in [2.05, 4.69) is 21.0 Å². The van der Waals surface area contributed by atoms with Gasteiger partial charge in [0.2, 0.25) is 5.82 Å². The van der Waals surface area contributed by atoms with Gasteiger partial charge in [-0.2, -0.15) is 10.1 Å². The van der Waals surface area contributed by atoms with Crippen molar-refractivity contribution in [3.63, 3.8) is 0 Å². The SMILES string of the molecule is CC1=NN(c2c(F)c(F)c(F)c(F)c2F)C(=O)/C1=C/c1cc(Br)c(O)c(I)c1. The molecular weight excluding hydrogens is 566 g/mol. The van der Waals surface area contributed by atoms with Crippen LogP contribution in [-0.2, 0) is 4.79 Å². The second-order valence-electron chi connectivity index (χ2n) is 5.61. The summed E-state index contributed by atoms with van der Waals surface area (Å²) in [6, 6.07) is 3.00. The fourth-order valence-corrected chi connectivity index (χ4v) is 3.95. The number of hydrogen-bond donors (Lipinski definition) is 1. The summed E-state index contributed by atoms with van der Waals surface area (Å²) in [5.74, 6) is -12.1. The minimum Gasteiger partial charge on any atom is -0.506 e. The van der Waals surface area contributed by atoms with Crippen LogP contribution in [0.25, 0.3) is 6.08 Å². The number of anilines is 1. The summed E-state index contributed by atoms with van der Waals surface area (Å²) in [5, 5.41) is 13.5. The van der Waals surface area contributed by atoms with E-state index in [-0.39, 0.29) is 22.0 Å². The van der Waals surface area contributed by atoms with E-state index in [1.165, 1.54) is 25.1 Å². The predicted octanol–water partition coefficient (Wildman–Crippen LogP) is 5.26. The largest absolute Gasteiger partial charge is 0.506 e. The number of phenolic OH excluding ortho intramolecular Hbond substituents is 1. The summed E-state index contributed by atoms with van der Waals surface area (Å²) < 4.78 is 69.0. The molecule has 28 heavy (non-hydrogen) atoms. The van der Waals surface area contributed by atoms with Gasteiger partial charge in [-0.1, -0.05) is 0 Å². The second-order valence-corrected chi connectivity index (χ2v) is 7.63. The molecule has 0 radical (unpaired) electrons. The lowest BCUT2D eigenvalue weighted by Gasteiger charge is -2.15. The molecule has 0 aromatic heterocycles. The predicted molar refractivity (Wildman–Crippen MR) is 103 cm³/mol. The Bertz CT molecular complexity index is 1050. The van der Waals surface area contributed by atoms with Gasteiger partial charge in [0, 0.05) is 0 Å². The Morgan fingerprint density at radius 1 is 1.07 bits per heavy atom. The number of hydrazone groups is 1. The fourth-order valence-electron chi connectivity index (χ4n) is 2.45. The lowest BCUT2D eigenvalue weighted by atomic mass is 10.1. The van der Waals surface area contributed by atoms with Crippen LogP contribution >= 0.6 is 38.5 Å². The molecule has 0 spiro atoms. The number of halogens is 7. The molecule has 0 aliphatic carbocycles. The van der Waals surface area contributed by atoms with Crippen molar-refractivity contribution < 1.29 is 31.9 Å². The summed E-state index contributed by atoms with van der Waals surface area (Å²) in [5.41, 5.74) is -1.12. The average molecular weight is 573 g/mol. The molecule has 1 aliphatic rings. The van der Waals surface area contributed by atoms with Crippen molar-refractivity contribution in [2.75, 3.05) is 5.01 Å². The quantitative estimate of drug-likeness (QED) is 0.175. The first-order valence-corrected chi connectivity index (χ1v) is 9.23. The smallest absolute Gasteiger partial charge is 0.280 e. The molecule has 146 valence electrons. The lowest BCUT2D eigenvalue weighted by molar-refractivity contribution is -0.114. The van der Waals surface area contributed by atoms with Gasteiger partial charge in [0.1, 0.15) is 11.4 Å². The van der Waals surface area contributed by atoms with E-state index in [1.54, 1.807) is 0 Å². The Kier molecular flexibility index (Phi) is 5.49. The van der Waals surface area contributed by atoms with Crippen LogP contribution in [0.15, 0.2) is 27.3 Å². The van der Waals surface area contributed by atoms with Gasteiger partial charge in [-0.3, -0.25) is 4.79 Å². The molecule has 11 heteroatoms. The van der Waals surface area contributed by atoms with Crippen LogP contribution < -0.4 is 5.01 Å². The highest BCUT2D eigenvalue weighted by Crippen LogP contribution is 2.35. The number of amides is 1. The van der Waals surface area contributed by atoms with E-state index in [4.69, 9.17) is 0 Å². The zero-order chi connectivity index (χ0) is 20.9. The molecule has 3 rings (SSSR count). The highest BCUT2D eigenvalue weighted by atomic mass is 127. The number of phenols is 1. The van der Waals surface area contributed by atoms with Crippen molar-refractivity contribution in [3.05, 3.63) is 60.4 Å². The highest BCUT2D eigenvalue weighted by molar-refractivity contribution is 14.1. The molecule has 0 fully saturated rings. The molecule has 1 amide bonds. The van der Waals surface area contributed by atoms with Crippen molar-refractivity contribution in [1.29, 1.82) is 0 Å². The maximum absolute atomic E-state index is 14.0. The van der Waals surface area contributed by atoms with Gasteiger partial charge >= 0.3 is 0 Å². The summed E-state index contributed by atoms with van der Waals surface area (Å²) in [6.45, 7) is 1.34. The summed E-state index contributed by atoms with van der Waals surface area (Å²) in [7, 11) is 0. The third kappa shape index (κ3) is 3.30. The van der Waals surface area contributed by atoms with E-state index < -0.39 is 40.7 Å². The molecule has 1 aliphatic heterocycles. The molecule has 0 bridgehead atoms. The van der Waals surface area contributed by atoms with Crippen molar-refractivity contribution >= 4 is 61.9 Å². The lowest BCUT2D eigenvalue weighted by Crippen LogP contribution is -2.25.